The largest absolute Gasteiger partial charge is 0.368 e. The molecule has 1 atom stereocenters. The lowest BCUT2D eigenvalue weighted by atomic mass is 10.0. The number of hydrogen-bond donors (Lipinski definition) is 2. The van der Waals surface area contributed by atoms with Gasteiger partial charge in [0.2, 0.25) is 5.95 Å². The molecule has 0 radical (unpaired) electrons. The Bertz CT molecular complexity index is 699. The number of nitrogens with zero attached hydrogens (tertiary/aromatic N) is 3. The Kier molecular flexibility index (Phi) is 5.60. The van der Waals surface area contributed by atoms with Crippen molar-refractivity contribution in [2.75, 3.05) is 25.4 Å². The van der Waals surface area contributed by atoms with E-state index >= 15 is 0 Å². The van der Waals surface area contributed by atoms with Crippen molar-refractivity contribution < 1.29 is 4.79 Å². The fourth-order valence-corrected chi connectivity index (χ4v) is 3.28. The minimum absolute atomic E-state index is 0.137. The topological polar surface area (TPSA) is 84.1 Å². The van der Waals surface area contributed by atoms with Crippen LogP contribution in [-0.2, 0) is 6.42 Å². The fourth-order valence-electron chi connectivity index (χ4n) is 3.28. The molecule has 2 aromatic rings. The number of likely N-dealkylation sites (tertiary alicyclic amines) is 1. The molecule has 0 spiro atoms. The molecule has 6 nitrogen and oxygen atoms in total. The predicted molar refractivity (Wildman–Crippen MR) is 98.3 cm³/mol. The van der Waals surface area contributed by atoms with Crippen molar-refractivity contribution in [1.82, 2.24) is 20.2 Å². The first-order chi connectivity index (χ1) is 12.1. The van der Waals surface area contributed by atoms with E-state index in [0.717, 1.165) is 38.9 Å². The number of rotatable bonds is 5. The second kappa shape index (κ2) is 8.07. The van der Waals surface area contributed by atoms with Crippen molar-refractivity contribution in [2.45, 2.75) is 32.2 Å². The summed E-state index contributed by atoms with van der Waals surface area (Å²) in [5.41, 5.74) is 8.02. The summed E-state index contributed by atoms with van der Waals surface area (Å²) in [6, 6.07) is 12.3. The minimum atomic E-state index is -0.174. The zero-order valence-electron chi connectivity index (χ0n) is 14.6. The van der Waals surface area contributed by atoms with Crippen LogP contribution in [0.1, 0.15) is 34.6 Å². The van der Waals surface area contributed by atoms with Gasteiger partial charge in [-0.15, -0.1) is 0 Å². The monoisotopic (exact) mass is 339 g/mol. The second-order valence-electron chi connectivity index (χ2n) is 6.60. The Morgan fingerprint density at radius 1 is 1.32 bits per heavy atom. The first-order valence-corrected chi connectivity index (χ1v) is 8.78. The summed E-state index contributed by atoms with van der Waals surface area (Å²) in [7, 11) is 0. The SMILES string of the molecule is Cc1cc(C(=O)NC2CCCN(CCc3ccccc3)C2)nc(N)n1. The van der Waals surface area contributed by atoms with Gasteiger partial charge < -0.3 is 16.0 Å². The van der Waals surface area contributed by atoms with Crippen LogP contribution < -0.4 is 11.1 Å². The molecular weight excluding hydrogens is 314 g/mol. The Labute approximate surface area is 148 Å². The highest BCUT2D eigenvalue weighted by atomic mass is 16.2. The van der Waals surface area contributed by atoms with Gasteiger partial charge in [0.1, 0.15) is 5.69 Å². The third-order valence-electron chi connectivity index (χ3n) is 4.50. The highest BCUT2D eigenvalue weighted by Crippen LogP contribution is 2.12. The van der Waals surface area contributed by atoms with Gasteiger partial charge in [-0.3, -0.25) is 4.79 Å². The molecule has 2 heterocycles. The fraction of sp³-hybridized carbons (Fsp3) is 0.421. The predicted octanol–water partition coefficient (Wildman–Crippen LogP) is 1.80. The average Bonchev–Trinajstić information content (AvgIpc) is 2.60. The van der Waals surface area contributed by atoms with Gasteiger partial charge in [0.25, 0.3) is 5.91 Å². The average molecular weight is 339 g/mol. The number of hydrogen-bond acceptors (Lipinski definition) is 5. The summed E-state index contributed by atoms with van der Waals surface area (Å²) in [5, 5.41) is 3.09. The molecule has 1 aromatic carbocycles. The molecule has 25 heavy (non-hydrogen) atoms. The van der Waals surface area contributed by atoms with E-state index in [1.165, 1.54) is 5.56 Å². The lowest BCUT2D eigenvalue weighted by molar-refractivity contribution is 0.0899. The van der Waals surface area contributed by atoms with Gasteiger partial charge >= 0.3 is 0 Å². The van der Waals surface area contributed by atoms with E-state index in [-0.39, 0.29) is 17.9 Å². The number of nitrogen functional groups attached to an aromatic ring is 1. The van der Waals surface area contributed by atoms with E-state index in [9.17, 15) is 4.79 Å². The number of piperidine rings is 1. The summed E-state index contributed by atoms with van der Waals surface area (Å²) in [6.45, 7) is 4.77. The molecule has 1 fully saturated rings. The maximum atomic E-state index is 12.4. The molecule has 1 aliphatic heterocycles. The van der Waals surface area contributed by atoms with Crippen LogP contribution in [0.25, 0.3) is 0 Å². The number of aryl methyl sites for hydroxylation is 1. The van der Waals surface area contributed by atoms with Gasteiger partial charge in [-0.1, -0.05) is 30.3 Å². The quantitative estimate of drug-likeness (QED) is 0.868. The first kappa shape index (κ1) is 17.4. The smallest absolute Gasteiger partial charge is 0.270 e. The molecule has 0 saturated carbocycles. The van der Waals surface area contributed by atoms with Crippen LogP contribution in [0.3, 0.4) is 0 Å². The first-order valence-electron chi connectivity index (χ1n) is 8.78. The number of amides is 1. The Hall–Kier alpha value is -2.47. The van der Waals surface area contributed by atoms with Crippen LogP contribution in [0, 0.1) is 6.92 Å². The van der Waals surface area contributed by atoms with Crippen LogP contribution in [0.4, 0.5) is 5.95 Å². The van der Waals surface area contributed by atoms with Crippen molar-refractivity contribution >= 4 is 11.9 Å². The number of nitrogens with two attached hydrogens (primary N) is 1. The Morgan fingerprint density at radius 2 is 2.12 bits per heavy atom. The lowest BCUT2D eigenvalue weighted by Gasteiger charge is -2.33. The van der Waals surface area contributed by atoms with Gasteiger partial charge in [-0.05, 0) is 44.4 Å². The molecule has 3 N–H and O–H groups in total. The van der Waals surface area contributed by atoms with Crippen LogP contribution >= 0.6 is 0 Å². The van der Waals surface area contributed by atoms with E-state index in [2.05, 4.69) is 44.5 Å². The Balaban J connectivity index is 1.53. The number of carbonyl (C=O) groups is 1. The van der Waals surface area contributed by atoms with E-state index in [1.54, 1.807) is 13.0 Å². The molecule has 0 bridgehead atoms. The van der Waals surface area contributed by atoms with Crippen molar-refractivity contribution in [3.63, 3.8) is 0 Å². The molecule has 0 aliphatic carbocycles. The zero-order chi connectivity index (χ0) is 17.6. The highest BCUT2D eigenvalue weighted by Gasteiger charge is 2.22. The molecule has 1 saturated heterocycles. The summed E-state index contributed by atoms with van der Waals surface area (Å²) >= 11 is 0. The summed E-state index contributed by atoms with van der Waals surface area (Å²) < 4.78 is 0. The summed E-state index contributed by atoms with van der Waals surface area (Å²) in [6.07, 6.45) is 3.11. The third kappa shape index (κ3) is 5.00. The van der Waals surface area contributed by atoms with Crippen LogP contribution in [-0.4, -0.2) is 46.5 Å². The van der Waals surface area contributed by atoms with E-state index in [1.807, 2.05) is 6.07 Å². The molecular formula is C19H25N5O. The summed E-state index contributed by atoms with van der Waals surface area (Å²) in [4.78, 5) is 22.9. The molecule has 6 heteroatoms. The van der Waals surface area contributed by atoms with Crippen molar-refractivity contribution in [1.29, 1.82) is 0 Å². The van der Waals surface area contributed by atoms with Crippen molar-refractivity contribution in [3.05, 3.63) is 53.3 Å². The van der Waals surface area contributed by atoms with Crippen LogP contribution in [0.2, 0.25) is 0 Å². The van der Waals surface area contributed by atoms with Gasteiger partial charge in [-0.2, -0.15) is 0 Å². The molecule has 3 rings (SSSR count). The van der Waals surface area contributed by atoms with Gasteiger partial charge in [0.05, 0.1) is 0 Å². The van der Waals surface area contributed by atoms with Gasteiger partial charge in [0, 0.05) is 24.8 Å². The second-order valence-corrected chi connectivity index (χ2v) is 6.60. The van der Waals surface area contributed by atoms with Crippen LogP contribution in [0.5, 0.6) is 0 Å². The highest BCUT2D eigenvalue weighted by molar-refractivity contribution is 5.92. The number of carbonyl (C=O) groups excluding carboxylic acids is 1. The molecule has 1 aliphatic rings. The lowest BCUT2D eigenvalue weighted by Crippen LogP contribution is -2.48. The van der Waals surface area contributed by atoms with Crippen molar-refractivity contribution in [2.24, 2.45) is 0 Å². The number of nitrogens with one attached hydrogen (secondary N) is 1. The molecule has 1 aromatic heterocycles. The van der Waals surface area contributed by atoms with E-state index in [4.69, 9.17) is 5.73 Å². The van der Waals surface area contributed by atoms with Gasteiger partial charge in [0.15, 0.2) is 0 Å². The number of anilines is 1. The third-order valence-corrected chi connectivity index (χ3v) is 4.50. The molecule has 1 amide bonds. The maximum absolute atomic E-state index is 12.4. The normalized spacial score (nSPS) is 18.0. The standard InChI is InChI=1S/C19H25N5O/c1-14-12-17(23-19(20)21-14)18(25)22-16-8-5-10-24(13-16)11-9-15-6-3-2-4-7-15/h2-4,6-7,12,16H,5,8-11,13H2,1H3,(H,22,25)(H2,20,21,23). The maximum Gasteiger partial charge on any atom is 0.270 e. The van der Waals surface area contributed by atoms with Gasteiger partial charge in [-0.25, -0.2) is 9.97 Å². The summed E-state index contributed by atoms with van der Waals surface area (Å²) in [5.74, 6) is -0.0367. The minimum Gasteiger partial charge on any atom is -0.368 e. The number of benzene rings is 1. The Morgan fingerprint density at radius 3 is 2.88 bits per heavy atom. The van der Waals surface area contributed by atoms with Crippen molar-refractivity contribution in [3.8, 4) is 0 Å². The van der Waals surface area contributed by atoms with Crippen LogP contribution in [0.15, 0.2) is 36.4 Å². The molecule has 1 unspecified atom stereocenters. The number of aromatic nitrogens is 2. The zero-order valence-corrected chi connectivity index (χ0v) is 14.6. The molecule has 132 valence electrons. The van der Waals surface area contributed by atoms with E-state index in [0.29, 0.717) is 11.4 Å². The van der Waals surface area contributed by atoms with E-state index < -0.39 is 0 Å².